The molecular formula is C15H22N2O. The van der Waals surface area contributed by atoms with Gasteiger partial charge in [0.1, 0.15) is 6.04 Å². The van der Waals surface area contributed by atoms with E-state index in [0.29, 0.717) is 6.04 Å². The zero-order chi connectivity index (χ0) is 13.3. The van der Waals surface area contributed by atoms with Crippen molar-refractivity contribution in [1.29, 1.82) is 0 Å². The van der Waals surface area contributed by atoms with Crippen molar-refractivity contribution < 1.29 is 4.79 Å². The summed E-state index contributed by atoms with van der Waals surface area (Å²) in [5.74, 6) is 0.0710. The minimum atomic E-state index is -0.192. The van der Waals surface area contributed by atoms with Crippen LogP contribution in [0.5, 0.6) is 0 Å². The van der Waals surface area contributed by atoms with Gasteiger partial charge in [0.2, 0.25) is 5.91 Å². The predicted molar refractivity (Wildman–Crippen MR) is 74.8 cm³/mol. The molecule has 2 atom stereocenters. The lowest BCUT2D eigenvalue weighted by Crippen LogP contribution is -2.34. The molecule has 0 aromatic heterocycles. The fourth-order valence-corrected chi connectivity index (χ4v) is 2.76. The summed E-state index contributed by atoms with van der Waals surface area (Å²) < 4.78 is 0. The summed E-state index contributed by atoms with van der Waals surface area (Å²) in [6.45, 7) is 8.43. The Bertz CT molecular complexity index is 468. The Labute approximate surface area is 109 Å². The molecule has 0 fully saturated rings. The fraction of sp³-hybridized carbons (Fsp3) is 0.533. The highest BCUT2D eigenvalue weighted by Gasteiger charge is 2.32. The van der Waals surface area contributed by atoms with Gasteiger partial charge in [-0.15, -0.1) is 0 Å². The van der Waals surface area contributed by atoms with Crippen molar-refractivity contribution in [3.8, 4) is 0 Å². The van der Waals surface area contributed by atoms with Crippen LogP contribution in [0.3, 0.4) is 0 Å². The van der Waals surface area contributed by atoms with Crippen LogP contribution >= 0.6 is 0 Å². The second kappa shape index (κ2) is 5.11. The van der Waals surface area contributed by atoms with Crippen molar-refractivity contribution >= 4 is 11.6 Å². The number of carbonyl (C=O) groups excluding carboxylic acids is 1. The molecule has 1 aromatic rings. The number of benzene rings is 1. The maximum Gasteiger partial charge on any atom is 0.246 e. The Kier molecular flexibility index (Phi) is 3.71. The van der Waals surface area contributed by atoms with Crippen molar-refractivity contribution in [3.63, 3.8) is 0 Å². The summed E-state index contributed by atoms with van der Waals surface area (Å²) in [5.41, 5.74) is 4.46. The van der Waals surface area contributed by atoms with Crippen LogP contribution in [-0.4, -0.2) is 11.9 Å². The van der Waals surface area contributed by atoms with E-state index >= 15 is 0 Å². The zero-order valence-corrected chi connectivity index (χ0v) is 11.6. The molecule has 2 rings (SSSR count). The van der Waals surface area contributed by atoms with E-state index in [4.69, 9.17) is 0 Å². The lowest BCUT2D eigenvalue weighted by atomic mass is 9.99. The SMILES string of the molecule is CCCC(C)NC1C(=O)Nc2cc(C)cc(C)c21. The Morgan fingerprint density at radius 3 is 2.78 bits per heavy atom. The molecule has 0 spiro atoms. The Balaban J connectivity index is 2.27. The van der Waals surface area contributed by atoms with Gasteiger partial charge in [0.15, 0.2) is 0 Å². The second-order valence-corrected chi connectivity index (χ2v) is 5.32. The molecule has 2 N–H and O–H groups in total. The number of rotatable bonds is 4. The predicted octanol–water partition coefficient (Wildman–Crippen LogP) is 3.07. The molecule has 0 radical (unpaired) electrons. The second-order valence-electron chi connectivity index (χ2n) is 5.32. The van der Waals surface area contributed by atoms with Crippen molar-refractivity contribution in [2.45, 2.75) is 52.6 Å². The van der Waals surface area contributed by atoms with Crippen LogP contribution in [0.25, 0.3) is 0 Å². The summed E-state index contributed by atoms with van der Waals surface area (Å²) in [5, 5.41) is 6.41. The molecule has 0 saturated carbocycles. The van der Waals surface area contributed by atoms with Crippen molar-refractivity contribution in [2.24, 2.45) is 0 Å². The minimum absolute atomic E-state index is 0.0710. The van der Waals surface area contributed by atoms with E-state index in [1.165, 1.54) is 11.1 Å². The van der Waals surface area contributed by atoms with Crippen molar-refractivity contribution in [1.82, 2.24) is 5.32 Å². The average molecular weight is 246 g/mol. The van der Waals surface area contributed by atoms with E-state index in [-0.39, 0.29) is 11.9 Å². The number of hydrogen-bond donors (Lipinski definition) is 2. The van der Waals surface area contributed by atoms with Gasteiger partial charge < -0.3 is 5.32 Å². The first-order valence-corrected chi connectivity index (χ1v) is 6.71. The van der Waals surface area contributed by atoms with Gasteiger partial charge in [-0.05, 0) is 44.4 Å². The van der Waals surface area contributed by atoms with E-state index in [2.05, 4.69) is 44.4 Å². The lowest BCUT2D eigenvalue weighted by molar-refractivity contribution is -0.117. The van der Waals surface area contributed by atoms with E-state index < -0.39 is 0 Å². The summed E-state index contributed by atoms with van der Waals surface area (Å²) in [6.07, 6.45) is 2.21. The highest BCUT2D eigenvalue weighted by atomic mass is 16.2. The first-order valence-electron chi connectivity index (χ1n) is 6.71. The fourth-order valence-electron chi connectivity index (χ4n) is 2.76. The van der Waals surface area contributed by atoms with Gasteiger partial charge in [0, 0.05) is 17.3 Å². The number of anilines is 1. The van der Waals surface area contributed by atoms with Crippen LogP contribution in [0, 0.1) is 13.8 Å². The molecule has 3 nitrogen and oxygen atoms in total. The van der Waals surface area contributed by atoms with Gasteiger partial charge in [-0.25, -0.2) is 0 Å². The largest absolute Gasteiger partial charge is 0.324 e. The summed E-state index contributed by atoms with van der Waals surface area (Å²) in [4.78, 5) is 12.1. The van der Waals surface area contributed by atoms with Crippen LogP contribution < -0.4 is 10.6 Å². The van der Waals surface area contributed by atoms with Crippen LogP contribution in [0.4, 0.5) is 5.69 Å². The minimum Gasteiger partial charge on any atom is -0.324 e. The van der Waals surface area contributed by atoms with Gasteiger partial charge >= 0.3 is 0 Å². The molecule has 1 aliphatic heterocycles. The van der Waals surface area contributed by atoms with Gasteiger partial charge in [-0.1, -0.05) is 19.4 Å². The first-order chi connectivity index (χ1) is 8.52. The van der Waals surface area contributed by atoms with Crippen LogP contribution in [0.1, 0.15) is 49.4 Å². The van der Waals surface area contributed by atoms with E-state index in [9.17, 15) is 4.79 Å². The zero-order valence-electron chi connectivity index (χ0n) is 11.6. The Morgan fingerprint density at radius 1 is 1.39 bits per heavy atom. The molecule has 0 saturated heterocycles. The molecule has 1 aliphatic rings. The third-order valence-electron chi connectivity index (χ3n) is 3.51. The monoisotopic (exact) mass is 246 g/mol. The van der Waals surface area contributed by atoms with Gasteiger partial charge in [0.25, 0.3) is 0 Å². The third-order valence-corrected chi connectivity index (χ3v) is 3.51. The number of amides is 1. The number of hydrogen-bond acceptors (Lipinski definition) is 2. The molecule has 0 bridgehead atoms. The smallest absolute Gasteiger partial charge is 0.246 e. The van der Waals surface area contributed by atoms with Gasteiger partial charge in [-0.3, -0.25) is 10.1 Å². The molecule has 2 unspecified atom stereocenters. The summed E-state index contributed by atoms with van der Waals surface area (Å²) in [6, 6.07) is 4.35. The van der Waals surface area contributed by atoms with Crippen LogP contribution in [0.2, 0.25) is 0 Å². The van der Waals surface area contributed by atoms with Gasteiger partial charge in [0.05, 0.1) is 0 Å². The summed E-state index contributed by atoms with van der Waals surface area (Å²) in [7, 11) is 0. The maximum atomic E-state index is 12.1. The summed E-state index contributed by atoms with van der Waals surface area (Å²) >= 11 is 0. The molecule has 3 heteroatoms. The highest BCUT2D eigenvalue weighted by molar-refractivity contribution is 6.03. The van der Waals surface area contributed by atoms with Gasteiger partial charge in [-0.2, -0.15) is 0 Å². The highest BCUT2D eigenvalue weighted by Crippen LogP contribution is 2.34. The number of fused-ring (bicyclic) bond motifs is 1. The molecular weight excluding hydrogens is 224 g/mol. The molecule has 1 aromatic carbocycles. The van der Waals surface area contributed by atoms with Crippen LogP contribution in [-0.2, 0) is 4.79 Å². The maximum absolute atomic E-state index is 12.1. The Hall–Kier alpha value is -1.35. The molecule has 1 amide bonds. The normalized spacial score (nSPS) is 19.6. The van der Waals surface area contributed by atoms with E-state index in [0.717, 1.165) is 24.1 Å². The number of aryl methyl sites for hydroxylation is 2. The molecule has 18 heavy (non-hydrogen) atoms. The lowest BCUT2D eigenvalue weighted by Gasteiger charge is -2.19. The Morgan fingerprint density at radius 2 is 2.11 bits per heavy atom. The quantitative estimate of drug-likeness (QED) is 0.857. The number of nitrogens with one attached hydrogen (secondary N) is 2. The molecule has 98 valence electrons. The van der Waals surface area contributed by atoms with E-state index in [1.54, 1.807) is 0 Å². The molecule has 1 heterocycles. The standard InChI is InChI=1S/C15H22N2O/c1-5-6-11(4)16-14-13-10(3)7-9(2)8-12(13)17-15(14)18/h7-8,11,14,16H,5-6H2,1-4H3,(H,17,18). The number of carbonyl (C=O) groups is 1. The third kappa shape index (κ3) is 2.41. The topological polar surface area (TPSA) is 41.1 Å². The first kappa shape index (κ1) is 13.1. The van der Waals surface area contributed by atoms with E-state index in [1.807, 2.05) is 6.07 Å². The molecule has 0 aliphatic carbocycles. The van der Waals surface area contributed by atoms with Crippen LogP contribution in [0.15, 0.2) is 12.1 Å². The van der Waals surface area contributed by atoms with Crippen molar-refractivity contribution in [3.05, 3.63) is 28.8 Å². The van der Waals surface area contributed by atoms with Crippen molar-refractivity contribution in [2.75, 3.05) is 5.32 Å². The average Bonchev–Trinajstić information content (AvgIpc) is 2.55.